The highest BCUT2D eigenvalue weighted by molar-refractivity contribution is 5.85. The number of primary amides is 1. The third-order valence-electron chi connectivity index (χ3n) is 2.85. The molecule has 7 nitrogen and oxygen atoms in total. The van der Waals surface area contributed by atoms with Crippen LogP contribution in [0.15, 0.2) is 18.2 Å². The first-order valence-electron chi connectivity index (χ1n) is 6.96. The molecular formula is C15H21ClN2O5. The van der Waals surface area contributed by atoms with Gasteiger partial charge >= 0.3 is 11.9 Å². The first kappa shape index (κ1) is 20.9. The van der Waals surface area contributed by atoms with Crippen LogP contribution in [-0.2, 0) is 20.8 Å². The molecule has 1 rings (SSSR count). The molecule has 0 fully saturated rings. The lowest BCUT2D eigenvalue weighted by atomic mass is 10.1. The molecule has 128 valence electrons. The third kappa shape index (κ3) is 6.66. The zero-order valence-corrected chi connectivity index (χ0v) is 13.9. The molecule has 0 unspecified atom stereocenters. The van der Waals surface area contributed by atoms with Crippen molar-refractivity contribution in [2.45, 2.75) is 39.2 Å². The van der Waals surface area contributed by atoms with Crippen LogP contribution >= 0.6 is 12.4 Å². The van der Waals surface area contributed by atoms with E-state index in [2.05, 4.69) is 0 Å². The number of hydrogen-bond acceptors (Lipinski definition) is 6. The number of benzene rings is 1. The average molecular weight is 345 g/mol. The van der Waals surface area contributed by atoms with Gasteiger partial charge in [0.05, 0.1) is 6.04 Å². The molecule has 0 bridgehead atoms. The van der Waals surface area contributed by atoms with E-state index in [9.17, 15) is 14.4 Å². The molecule has 1 aromatic rings. The molecule has 0 spiro atoms. The molecule has 0 aromatic heterocycles. The fourth-order valence-electron chi connectivity index (χ4n) is 1.59. The van der Waals surface area contributed by atoms with Crippen LogP contribution < -0.4 is 20.9 Å². The van der Waals surface area contributed by atoms with Gasteiger partial charge in [0.1, 0.15) is 0 Å². The van der Waals surface area contributed by atoms with E-state index in [0.29, 0.717) is 5.56 Å². The Hall–Kier alpha value is -2.12. The normalized spacial score (nSPS) is 11.1. The van der Waals surface area contributed by atoms with Crippen molar-refractivity contribution < 1.29 is 23.9 Å². The van der Waals surface area contributed by atoms with Gasteiger partial charge in [0.25, 0.3) is 0 Å². The Morgan fingerprint density at radius 2 is 1.57 bits per heavy atom. The highest BCUT2D eigenvalue weighted by atomic mass is 35.5. The van der Waals surface area contributed by atoms with E-state index in [-0.39, 0.29) is 43.2 Å². The molecule has 0 aliphatic heterocycles. The van der Waals surface area contributed by atoms with Crippen molar-refractivity contribution in [2.75, 3.05) is 0 Å². The predicted molar refractivity (Wildman–Crippen MR) is 86.4 cm³/mol. The molecule has 23 heavy (non-hydrogen) atoms. The zero-order chi connectivity index (χ0) is 16.7. The molecule has 0 saturated heterocycles. The Balaban J connectivity index is 0.00000484. The van der Waals surface area contributed by atoms with Crippen LogP contribution in [0.3, 0.4) is 0 Å². The number of rotatable bonds is 7. The van der Waals surface area contributed by atoms with E-state index in [1.54, 1.807) is 19.9 Å². The summed E-state index contributed by atoms with van der Waals surface area (Å²) in [6.45, 7) is 3.30. The lowest BCUT2D eigenvalue weighted by molar-refractivity contribution is -0.136. The standard InChI is InChI=1S/C15H20N2O5.ClH/c1-3-13(18)21-11-6-5-9(7-10(16)15(17)20)8-12(11)22-14(19)4-2;/h5-6,8,10H,3-4,7,16H2,1-2H3,(H2,17,20);1H/t10-;/m0./s1. The van der Waals surface area contributed by atoms with Gasteiger partial charge in [-0.15, -0.1) is 12.4 Å². The topological polar surface area (TPSA) is 122 Å². The number of ether oxygens (including phenoxy) is 2. The summed E-state index contributed by atoms with van der Waals surface area (Å²) in [6.07, 6.45) is 0.551. The fraction of sp³-hybridized carbons (Fsp3) is 0.400. The Morgan fingerprint density at radius 3 is 2.04 bits per heavy atom. The second-order valence-corrected chi connectivity index (χ2v) is 4.65. The Morgan fingerprint density at radius 1 is 1.04 bits per heavy atom. The van der Waals surface area contributed by atoms with Crippen molar-refractivity contribution >= 4 is 30.3 Å². The highest BCUT2D eigenvalue weighted by Crippen LogP contribution is 2.29. The number of carbonyl (C=O) groups is 3. The first-order chi connectivity index (χ1) is 10.4. The van der Waals surface area contributed by atoms with E-state index in [1.165, 1.54) is 12.1 Å². The number of nitrogens with two attached hydrogens (primary N) is 2. The Kier molecular flexibility index (Phi) is 8.90. The molecule has 0 saturated carbocycles. The quantitative estimate of drug-likeness (QED) is 0.564. The summed E-state index contributed by atoms with van der Waals surface area (Å²) in [6, 6.07) is 3.78. The molecule has 8 heteroatoms. The summed E-state index contributed by atoms with van der Waals surface area (Å²) in [5.41, 5.74) is 11.4. The van der Waals surface area contributed by atoms with E-state index in [4.69, 9.17) is 20.9 Å². The van der Waals surface area contributed by atoms with Gasteiger partial charge in [-0.25, -0.2) is 0 Å². The van der Waals surface area contributed by atoms with Crippen LogP contribution in [0.5, 0.6) is 11.5 Å². The maximum Gasteiger partial charge on any atom is 0.311 e. The van der Waals surface area contributed by atoms with Gasteiger partial charge in [-0.2, -0.15) is 0 Å². The minimum absolute atomic E-state index is 0. The SMILES string of the molecule is CCC(=O)Oc1ccc(C[C@H](N)C(N)=O)cc1OC(=O)CC.Cl. The maximum atomic E-state index is 11.5. The van der Waals surface area contributed by atoms with E-state index in [0.717, 1.165) is 0 Å². The summed E-state index contributed by atoms with van der Waals surface area (Å²) in [5.74, 6) is -1.29. The van der Waals surface area contributed by atoms with Crippen LogP contribution in [0.25, 0.3) is 0 Å². The highest BCUT2D eigenvalue weighted by Gasteiger charge is 2.16. The summed E-state index contributed by atoms with van der Waals surface area (Å²) in [7, 11) is 0. The fourth-order valence-corrected chi connectivity index (χ4v) is 1.59. The van der Waals surface area contributed by atoms with Gasteiger partial charge in [0.2, 0.25) is 5.91 Å². The summed E-state index contributed by atoms with van der Waals surface area (Å²) in [4.78, 5) is 33.9. The van der Waals surface area contributed by atoms with Crippen molar-refractivity contribution in [1.82, 2.24) is 0 Å². The van der Waals surface area contributed by atoms with Gasteiger partial charge in [-0.1, -0.05) is 19.9 Å². The van der Waals surface area contributed by atoms with Crippen LogP contribution in [0.1, 0.15) is 32.3 Å². The van der Waals surface area contributed by atoms with Crippen LogP contribution in [0, 0.1) is 0 Å². The minimum atomic E-state index is -0.848. The van der Waals surface area contributed by atoms with Crippen molar-refractivity contribution in [2.24, 2.45) is 11.5 Å². The Bertz CT molecular complexity index is 577. The van der Waals surface area contributed by atoms with Crippen molar-refractivity contribution in [1.29, 1.82) is 0 Å². The lowest BCUT2D eigenvalue weighted by Gasteiger charge is -2.13. The van der Waals surface area contributed by atoms with Crippen molar-refractivity contribution in [3.63, 3.8) is 0 Å². The predicted octanol–water partition coefficient (Wildman–Crippen LogP) is 1.09. The number of hydrogen-bond donors (Lipinski definition) is 2. The number of carbonyl (C=O) groups excluding carboxylic acids is 3. The Labute approximate surface area is 140 Å². The second-order valence-electron chi connectivity index (χ2n) is 4.65. The minimum Gasteiger partial charge on any atom is -0.423 e. The van der Waals surface area contributed by atoms with Crippen LogP contribution in [0.2, 0.25) is 0 Å². The van der Waals surface area contributed by atoms with Gasteiger partial charge < -0.3 is 20.9 Å². The van der Waals surface area contributed by atoms with Crippen LogP contribution in [-0.4, -0.2) is 23.9 Å². The molecule has 0 aliphatic carbocycles. The lowest BCUT2D eigenvalue weighted by Crippen LogP contribution is -2.38. The molecule has 4 N–H and O–H groups in total. The van der Waals surface area contributed by atoms with E-state index >= 15 is 0 Å². The monoisotopic (exact) mass is 344 g/mol. The number of halogens is 1. The largest absolute Gasteiger partial charge is 0.423 e. The molecule has 1 aromatic carbocycles. The molecule has 0 heterocycles. The number of amides is 1. The summed E-state index contributed by atoms with van der Waals surface area (Å²) in [5, 5.41) is 0. The van der Waals surface area contributed by atoms with Gasteiger partial charge in [-0.05, 0) is 24.1 Å². The second kappa shape index (κ2) is 9.81. The molecule has 1 atom stereocenters. The number of esters is 2. The molecule has 0 aliphatic rings. The molecule has 1 amide bonds. The van der Waals surface area contributed by atoms with Crippen LogP contribution in [0.4, 0.5) is 0 Å². The van der Waals surface area contributed by atoms with Crippen molar-refractivity contribution in [3.8, 4) is 11.5 Å². The van der Waals surface area contributed by atoms with Crippen molar-refractivity contribution in [3.05, 3.63) is 23.8 Å². The maximum absolute atomic E-state index is 11.5. The first-order valence-corrected chi connectivity index (χ1v) is 6.96. The van der Waals surface area contributed by atoms with Gasteiger partial charge in [0, 0.05) is 12.8 Å². The smallest absolute Gasteiger partial charge is 0.311 e. The third-order valence-corrected chi connectivity index (χ3v) is 2.85. The molecule has 0 radical (unpaired) electrons. The average Bonchev–Trinajstić information content (AvgIpc) is 2.49. The summed E-state index contributed by atoms with van der Waals surface area (Å²) < 4.78 is 10.3. The summed E-state index contributed by atoms with van der Waals surface area (Å²) >= 11 is 0. The van der Waals surface area contributed by atoms with E-state index < -0.39 is 23.9 Å². The van der Waals surface area contributed by atoms with E-state index in [1.807, 2.05) is 0 Å². The zero-order valence-electron chi connectivity index (χ0n) is 13.0. The van der Waals surface area contributed by atoms with Gasteiger partial charge in [0.15, 0.2) is 11.5 Å². The molecular weight excluding hydrogens is 324 g/mol. The van der Waals surface area contributed by atoms with Gasteiger partial charge in [-0.3, -0.25) is 14.4 Å².